The molecule has 5 heteroatoms. The van der Waals surface area contributed by atoms with Crippen molar-refractivity contribution in [1.29, 1.82) is 0 Å². The number of aromatic nitrogens is 4. The van der Waals surface area contributed by atoms with Crippen molar-refractivity contribution in [1.82, 2.24) is 24.6 Å². The number of aromatic amines is 1. The highest BCUT2D eigenvalue weighted by Gasteiger charge is 2.39. The first kappa shape index (κ1) is 20.0. The SMILES string of the molecule is CN(C)C1(c2ccccc2)CCC(c2[nH]c3ccccc3c2CCn2cncn2)CC1. The van der Waals surface area contributed by atoms with Crippen LogP contribution < -0.4 is 0 Å². The van der Waals surface area contributed by atoms with Gasteiger partial charge in [0, 0.05) is 28.7 Å². The number of para-hydroxylation sites is 1. The molecule has 0 atom stereocenters. The van der Waals surface area contributed by atoms with E-state index >= 15 is 0 Å². The third-order valence-electron chi connectivity index (χ3n) is 7.29. The van der Waals surface area contributed by atoms with Gasteiger partial charge >= 0.3 is 0 Å². The van der Waals surface area contributed by atoms with Crippen molar-refractivity contribution in [3.63, 3.8) is 0 Å². The third kappa shape index (κ3) is 3.68. The number of hydrogen-bond donors (Lipinski definition) is 1. The summed E-state index contributed by atoms with van der Waals surface area (Å²) in [6.45, 7) is 0.854. The van der Waals surface area contributed by atoms with Crippen LogP contribution in [-0.2, 0) is 18.5 Å². The molecule has 0 aliphatic heterocycles. The molecule has 0 amide bonds. The summed E-state index contributed by atoms with van der Waals surface area (Å²) in [5, 5.41) is 5.65. The normalized spacial score (nSPS) is 21.7. The molecule has 0 radical (unpaired) electrons. The molecule has 0 unspecified atom stereocenters. The number of aryl methyl sites for hydroxylation is 2. The molecule has 1 aliphatic rings. The molecule has 31 heavy (non-hydrogen) atoms. The topological polar surface area (TPSA) is 49.7 Å². The average molecular weight is 414 g/mol. The summed E-state index contributed by atoms with van der Waals surface area (Å²) < 4.78 is 1.93. The lowest BCUT2D eigenvalue weighted by Crippen LogP contribution is -2.44. The smallest absolute Gasteiger partial charge is 0.137 e. The van der Waals surface area contributed by atoms with Crippen LogP contribution in [0.25, 0.3) is 10.9 Å². The highest BCUT2D eigenvalue weighted by atomic mass is 15.3. The standard InChI is InChI=1S/C26H31N5/c1-30(2)26(21-8-4-3-5-9-21)15-12-20(13-16-26)25-23(14-17-31-19-27-18-28-31)22-10-6-7-11-24(22)29-25/h3-11,18-20,29H,12-17H2,1-2H3. The minimum Gasteiger partial charge on any atom is -0.358 e. The van der Waals surface area contributed by atoms with Crippen LogP contribution in [0.1, 0.15) is 48.4 Å². The number of nitrogens with zero attached hydrogens (tertiary/aromatic N) is 4. The number of fused-ring (bicyclic) bond motifs is 1. The lowest BCUT2D eigenvalue weighted by Gasteiger charge is -2.45. The molecule has 2 aromatic carbocycles. The minimum absolute atomic E-state index is 0.130. The first-order chi connectivity index (χ1) is 15.2. The first-order valence-electron chi connectivity index (χ1n) is 11.3. The van der Waals surface area contributed by atoms with Gasteiger partial charge in [-0.3, -0.25) is 9.58 Å². The highest BCUT2D eigenvalue weighted by Crippen LogP contribution is 2.47. The van der Waals surface area contributed by atoms with E-state index in [0.717, 1.165) is 13.0 Å². The monoisotopic (exact) mass is 413 g/mol. The van der Waals surface area contributed by atoms with E-state index < -0.39 is 0 Å². The Morgan fingerprint density at radius 3 is 2.48 bits per heavy atom. The molecule has 1 N–H and O–H groups in total. The fourth-order valence-electron chi connectivity index (χ4n) is 5.54. The van der Waals surface area contributed by atoms with Gasteiger partial charge in [-0.15, -0.1) is 0 Å². The van der Waals surface area contributed by atoms with Crippen LogP contribution in [0.4, 0.5) is 0 Å². The lowest BCUT2D eigenvalue weighted by molar-refractivity contribution is 0.0903. The van der Waals surface area contributed by atoms with E-state index in [1.165, 1.54) is 53.4 Å². The van der Waals surface area contributed by atoms with E-state index in [4.69, 9.17) is 0 Å². The van der Waals surface area contributed by atoms with Crippen molar-refractivity contribution < 1.29 is 0 Å². The van der Waals surface area contributed by atoms with Gasteiger partial charge < -0.3 is 4.98 Å². The van der Waals surface area contributed by atoms with Crippen LogP contribution in [-0.4, -0.2) is 38.7 Å². The second-order valence-electron chi connectivity index (χ2n) is 9.04. The minimum atomic E-state index is 0.130. The van der Waals surface area contributed by atoms with Crippen molar-refractivity contribution in [2.24, 2.45) is 0 Å². The molecule has 0 saturated heterocycles. The molecule has 0 bridgehead atoms. The number of rotatable bonds is 6. The maximum absolute atomic E-state index is 4.30. The lowest BCUT2D eigenvalue weighted by atomic mass is 9.70. The first-order valence-corrected chi connectivity index (χ1v) is 11.3. The summed E-state index contributed by atoms with van der Waals surface area (Å²) in [7, 11) is 4.47. The molecular weight excluding hydrogens is 382 g/mol. The summed E-state index contributed by atoms with van der Waals surface area (Å²) in [6.07, 6.45) is 9.12. The Bertz CT molecular complexity index is 1120. The van der Waals surface area contributed by atoms with Crippen molar-refractivity contribution in [3.8, 4) is 0 Å². The van der Waals surface area contributed by atoms with E-state index in [-0.39, 0.29) is 5.54 Å². The van der Waals surface area contributed by atoms with Gasteiger partial charge in [0.1, 0.15) is 12.7 Å². The van der Waals surface area contributed by atoms with Gasteiger partial charge in [-0.1, -0.05) is 48.5 Å². The van der Waals surface area contributed by atoms with Gasteiger partial charge in [0.15, 0.2) is 0 Å². The zero-order valence-electron chi connectivity index (χ0n) is 18.5. The molecule has 2 aromatic heterocycles. The molecule has 1 aliphatic carbocycles. The highest BCUT2D eigenvalue weighted by molar-refractivity contribution is 5.84. The molecule has 5 rings (SSSR count). The van der Waals surface area contributed by atoms with Gasteiger partial charge in [0.2, 0.25) is 0 Å². The van der Waals surface area contributed by atoms with Gasteiger partial charge in [-0.2, -0.15) is 5.10 Å². The van der Waals surface area contributed by atoms with Crippen LogP contribution >= 0.6 is 0 Å². The molecule has 5 nitrogen and oxygen atoms in total. The largest absolute Gasteiger partial charge is 0.358 e. The Morgan fingerprint density at radius 2 is 1.77 bits per heavy atom. The van der Waals surface area contributed by atoms with Crippen molar-refractivity contribution in [2.45, 2.75) is 50.1 Å². The molecule has 1 saturated carbocycles. The predicted octanol–water partition coefficient (Wildman–Crippen LogP) is 5.12. The molecule has 160 valence electrons. The number of benzene rings is 2. The van der Waals surface area contributed by atoms with Crippen LogP contribution in [0.15, 0.2) is 67.3 Å². The quantitative estimate of drug-likeness (QED) is 0.477. The van der Waals surface area contributed by atoms with Crippen LogP contribution in [0, 0.1) is 0 Å². The van der Waals surface area contributed by atoms with Crippen molar-refractivity contribution in [2.75, 3.05) is 14.1 Å². The second kappa shape index (κ2) is 8.31. The Morgan fingerprint density at radius 1 is 1.03 bits per heavy atom. The summed E-state index contributed by atoms with van der Waals surface area (Å²) in [5.74, 6) is 0.565. The molecule has 4 aromatic rings. The van der Waals surface area contributed by atoms with Gasteiger partial charge in [0.25, 0.3) is 0 Å². The summed E-state index contributed by atoms with van der Waals surface area (Å²) >= 11 is 0. The molecule has 1 fully saturated rings. The van der Waals surface area contributed by atoms with Crippen LogP contribution in [0.2, 0.25) is 0 Å². The number of nitrogens with one attached hydrogen (secondary N) is 1. The Balaban J connectivity index is 1.43. The van der Waals surface area contributed by atoms with Crippen molar-refractivity contribution in [3.05, 3.63) is 84.1 Å². The molecule has 0 spiro atoms. The maximum atomic E-state index is 4.30. The fourth-order valence-corrected chi connectivity index (χ4v) is 5.54. The van der Waals surface area contributed by atoms with E-state index in [0.29, 0.717) is 5.92 Å². The Hall–Kier alpha value is -2.92. The van der Waals surface area contributed by atoms with Crippen molar-refractivity contribution >= 4 is 10.9 Å². The predicted molar refractivity (Wildman–Crippen MR) is 125 cm³/mol. The third-order valence-corrected chi connectivity index (χ3v) is 7.29. The van der Waals surface area contributed by atoms with Crippen LogP contribution in [0.3, 0.4) is 0 Å². The molecule has 2 heterocycles. The zero-order chi connectivity index (χ0) is 21.3. The Kier molecular flexibility index (Phi) is 5.36. The van der Waals surface area contributed by atoms with Gasteiger partial charge in [-0.25, -0.2) is 4.98 Å². The average Bonchev–Trinajstić information content (AvgIpc) is 3.46. The van der Waals surface area contributed by atoms with Gasteiger partial charge in [0.05, 0.1) is 0 Å². The fraction of sp³-hybridized carbons (Fsp3) is 0.385. The summed E-state index contributed by atoms with van der Waals surface area (Å²) in [5.41, 5.74) is 5.71. The van der Waals surface area contributed by atoms with E-state index in [1.54, 1.807) is 12.7 Å². The van der Waals surface area contributed by atoms with E-state index in [2.05, 4.69) is 88.7 Å². The zero-order valence-corrected chi connectivity index (χ0v) is 18.5. The van der Waals surface area contributed by atoms with Gasteiger partial charge in [-0.05, 0) is 69.3 Å². The maximum Gasteiger partial charge on any atom is 0.137 e. The van der Waals surface area contributed by atoms with E-state index in [9.17, 15) is 0 Å². The number of hydrogen-bond acceptors (Lipinski definition) is 3. The summed E-state index contributed by atoms with van der Waals surface area (Å²) in [4.78, 5) is 10.3. The number of H-pyrrole nitrogens is 1. The molecular formula is C26H31N5. The Labute approximate surface area is 184 Å². The second-order valence-corrected chi connectivity index (χ2v) is 9.04. The van der Waals surface area contributed by atoms with Crippen LogP contribution in [0.5, 0.6) is 0 Å². The van der Waals surface area contributed by atoms with E-state index in [1.807, 2.05) is 4.68 Å². The summed E-state index contributed by atoms with van der Waals surface area (Å²) in [6, 6.07) is 19.8.